The largest absolute Gasteiger partial charge is 0.352 e. The molecule has 1 aliphatic heterocycles. The smallest absolute Gasteiger partial charge is 0.258 e. The van der Waals surface area contributed by atoms with Gasteiger partial charge in [0.05, 0.1) is 5.69 Å². The number of nitrogens with zero attached hydrogens (tertiary/aromatic N) is 2. The van der Waals surface area contributed by atoms with Gasteiger partial charge in [0, 0.05) is 41.5 Å². The van der Waals surface area contributed by atoms with E-state index in [1.165, 1.54) is 6.42 Å². The molecule has 0 bridgehead atoms. The van der Waals surface area contributed by atoms with Crippen molar-refractivity contribution in [2.75, 3.05) is 11.4 Å². The number of carbonyl (C=O) groups excluding carboxylic acids is 3. The second-order valence-electron chi connectivity index (χ2n) is 10.4. The molecule has 5 rings (SSSR count). The number of hydrogen-bond donors (Lipinski definition) is 1. The van der Waals surface area contributed by atoms with Gasteiger partial charge < -0.3 is 15.1 Å². The van der Waals surface area contributed by atoms with Crippen molar-refractivity contribution in [1.82, 2.24) is 10.2 Å². The molecule has 1 N–H and O–H groups in total. The van der Waals surface area contributed by atoms with Crippen LogP contribution in [-0.4, -0.2) is 41.2 Å². The Morgan fingerprint density at radius 3 is 2.55 bits per heavy atom. The molecule has 7 heteroatoms. The minimum absolute atomic E-state index is 0.0275. The van der Waals surface area contributed by atoms with Crippen LogP contribution in [0.4, 0.5) is 5.69 Å². The van der Waals surface area contributed by atoms with E-state index in [1.807, 2.05) is 54.6 Å². The highest BCUT2D eigenvalue weighted by molar-refractivity contribution is 6.30. The van der Waals surface area contributed by atoms with E-state index in [1.54, 1.807) is 22.8 Å². The standard InChI is InChI=1S/C31H34ClN3O3/c1-21(30(37)33-25-13-3-2-4-14-25)35(20-22-9-5-12-24(32)19-22)28(36)17-8-18-34-27-16-7-11-23-10-6-15-26(29(23)27)31(34)38/h5-7,9-12,15-16,19,21,25H,2-4,8,13-14,17-18,20H2,1H3,(H,33,37)/t21-/m0/s1. The molecule has 1 fully saturated rings. The summed E-state index contributed by atoms with van der Waals surface area (Å²) in [7, 11) is 0. The van der Waals surface area contributed by atoms with Gasteiger partial charge in [0.1, 0.15) is 6.04 Å². The number of rotatable bonds is 9. The summed E-state index contributed by atoms with van der Waals surface area (Å²) in [6, 6.07) is 18.6. The van der Waals surface area contributed by atoms with Crippen molar-refractivity contribution in [3.05, 3.63) is 76.8 Å². The third kappa shape index (κ3) is 5.56. The zero-order chi connectivity index (χ0) is 26.6. The van der Waals surface area contributed by atoms with E-state index in [2.05, 4.69) is 5.32 Å². The molecule has 0 radical (unpaired) electrons. The van der Waals surface area contributed by atoms with Gasteiger partial charge in [0.2, 0.25) is 11.8 Å². The number of halogens is 1. The second-order valence-corrected chi connectivity index (χ2v) is 10.8. The van der Waals surface area contributed by atoms with Crippen molar-refractivity contribution in [3.8, 4) is 0 Å². The van der Waals surface area contributed by atoms with Crippen LogP contribution >= 0.6 is 11.6 Å². The number of hydrogen-bond acceptors (Lipinski definition) is 3. The monoisotopic (exact) mass is 531 g/mol. The molecule has 1 atom stereocenters. The van der Waals surface area contributed by atoms with E-state index < -0.39 is 6.04 Å². The van der Waals surface area contributed by atoms with Gasteiger partial charge in [0.25, 0.3) is 5.91 Å². The predicted molar refractivity (Wildman–Crippen MR) is 151 cm³/mol. The molecule has 2 aliphatic rings. The molecule has 0 aromatic heterocycles. The van der Waals surface area contributed by atoms with Crippen LogP contribution in [-0.2, 0) is 16.1 Å². The Hall–Kier alpha value is -3.38. The first-order valence-corrected chi connectivity index (χ1v) is 14.0. The summed E-state index contributed by atoms with van der Waals surface area (Å²) in [4.78, 5) is 43.3. The lowest BCUT2D eigenvalue weighted by Crippen LogP contribution is -2.50. The first-order chi connectivity index (χ1) is 18.4. The molecule has 1 heterocycles. The minimum Gasteiger partial charge on any atom is -0.352 e. The van der Waals surface area contributed by atoms with Gasteiger partial charge >= 0.3 is 0 Å². The van der Waals surface area contributed by atoms with Crippen molar-refractivity contribution in [2.45, 2.75) is 70.5 Å². The van der Waals surface area contributed by atoms with Gasteiger partial charge in [-0.05, 0) is 61.4 Å². The Balaban J connectivity index is 1.27. The summed E-state index contributed by atoms with van der Waals surface area (Å²) in [5.74, 6) is -0.261. The average molecular weight is 532 g/mol. The van der Waals surface area contributed by atoms with E-state index in [9.17, 15) is 14.4 Å². The summed E-state index contributed by atoms with van der Waals surface area (Å²) in [5.41, 5.74) is 2.48. The molecule has 0 saturated heterocycles. The van der Waals surface area contributed by atoms with Crippen molar-refractivity contribution in [2.24, 2.45) is 0 Å². The van der Waals surface area contributed by atoms with Crippen LogP contribution in [0.15, 0.2) is 60.7 Å². The normalized spacial score (nSPS) is 16.1. The van der Waals surface area contributed by atoms with Crippen molar-refractivity contribution in [3.63, 3.8) is 0 Å². The third-order valence-electron chi connectivity index (χ3n) is 7.78. The fourth-order valence-electron chi connectivity index (χ4n) is 5.72. The average Bonchev–Trinajstić information content (AvgIpc) is 3.20. The Morgan fingerprint density at radius 2 is 1.79 bits per heavy atom. The van der Waals surface area contributed by atoms with Gasteiger partial charge in [-0.2, -0.15) is 0 Å². The quantitative estimate of drug-likeness (QED) is 0.362. The Kier molecular flexibility index (Phi) is 7.98. The van der Waals surface area contributed by atoms with E-state index in [0.29, 0.717) is 30.1 Å². The summed E-state index contributed by atoms with van der Waals surface area (Å²) in [5, 5.41) is 5.77. The Labute approximate surface area is 228 Å². The number of carbonyl (C=O) groups is 3. The summed E-state index contributed by atoms with van der Waals surface area (Å²) in [6.07, 6.45) is 6.16. The molecule has 1 aliphatic carbocycles. The van der Waals surface area contributed by atoms with E-state index in [0.717, 1.165) is 47.7 Å². The van der Waals surface area contributed by atoms with Crippen LogP contribution in [0.5, 0.6) is 0 Å². The lowest BCUT2D eigenvalue weighted by atomic mass is 9.95. The number of benzene rings is 3. The first kappa shape index (κ1) is 26.2. The SMILES string of the molecule is C[C@@H](C(=O)NC1CCCCC1)N(Cc1cccc(Cl)c1)C(=O)CCCN1C(=O)c2cccc3cccc1c23. The minimum atomic E-state index is -0.616. The summed E-state index contributed by atoms with van der Waals surface area (Å²) >= 11 is 6.20. The topological polar surface area (TPSA) is 69.7 Å². The van der Waals surface area contributed by atoms with Gasteiger partial charge in [-0.3, -0.25) is 14.4 Å². The van der Waals surface area contributed by atoms with Gasteiger partial charge in [-0.15, -0.1) is 0 Å². The zero-order valence-corrected chi connectivity index (χ0v) is 22.5. The molecule has 198 valence electrons. The van der Waals surface area contributed by atoms with Crippen molar-refractivity contribution in [1.29, 1.82) is 0 Å². The highest BCUT2D eigenvalue weighted by Gasteiger charge is 2.31. The molecule has 38 heavy (non-hydrogen) atoms. The maximum absolute atomic E-state index is 13.5. The van der Waals surface area contributed by atoms with Crippen LogP contribution < -0.4 is 10.2 Å². The molecule has 6 nitrogen and oxygen atoms in total. The van der Waals surface area contributed by atoms with Crippen LogP contribution in [0.2, 0.25) is 5.02 Å². The third-order valence-corrected chi connectivity index (χ3v) is 8.02. The molecule has 0 spiro atoms. The zero-order valence-electron chi connectivity index (χ0n) is 21.8. The van der Waals surface area contributed by atoms with Gasteiger partial charge in [0.15, 0.2) is 0 Å². The van der Waals surface area contributed by atoms with Crippen LogP contribution in [0, 0.1) is 0 Å². The molecular formula is C31H34ClN3O3. The highest BCUT2D eigenvalue weighted by atomic mass is 35.5. The molecule has 0 unspecified atom stereocenters. The van der Waals surface area contributed by atoms with Gasteiger partial charge in [-0.1, -0.05) is 67.3 Å². The maximum atomic E-state index is 13.5. The lowest BCUT2D eigenvalue weighted by molar-refractivity contribution is -0.141. The molecule has 3 aromatic rings. The second kappa shape index (κ2) is 11.6. The first-order valence-electron chi connectivity index (χ1n) is 13.6. The Bertz CT molecular complexity index is 1350. The number of amides is 3. The molecule has 3 aromatic carbocycles. The van der Waals surface area contributed by atoms with Crippen molar-refractivity contribution < 1.29 is 14.4 Å². The predicted octanol–water partition coefficient (Wildman–Crippen LogP) is 6.10. The molecule has 1 saturated carbocycles. The maximum Gasteiger partial charge on any atom is 0.258 e. The van der Waals surface area contributed by atoms with E-state index in [4.69, 9.17) is 11.6 Å². The van der Waals surface area contributed by atoms with Crippen molar-refractivity contribution >= 4 is 45.8 Å². The fraction of sp³-hybridized carbons (Fsp3) is 0.387. The number of nitrogens with one attached hydrogen (secondary N) is 1. The van der Waals surface area contributed by atoms with E-state index >= 15 is 0 Å². The lowest BCUT2D eigenvalue weighted by Gasteiger charge is -2.31. The summed E-state index contributed by atoms with van der Waals surface area (Å²) < 4.78 is 0. The van der Waals surface area contributed by atoms with Crippen LogP contribution in [0.1, 0.15) is 67.8 Å². The Morgan fingerprint density at radius 1 is 1.05 bits per heavy atom. The van der Waals surface area contributed by atoms with E-state index in [-0.39, 0.29) is 30.2 Å². The van der Waals surface area contributed by atoms with Crippen LogP contribution in [0.3, 0.4) is 0 Å². The molecular weight excluding hydrogens is 498 g/mol. The highest BCUT2D eigenvalue weighted by Crippen LogP contribution is 2.37. The molecule has 3 amide bonds. The summed E-state index contributed by atoms with van der Waals surface area (Å²) in [6.45, 7) is 2.53. The number of anilines is 1. The fourth-order valence-corrected chi connectivity index (χ4v) is 5.93. The van der Waals surface area contributed by atoms with Gasteiger partial charge in [-0.25, -0.2) is 0 Å². The van der Waals surface area contributed by atoms with Crippen LogP contribution in [0.25, 0.3) is 10.8 Å².